The maximum atomic E-state index is 7.12. The molecule has 0 fully saturated rings. The van der Waals surface area contributed by atoms with Gasteiger partial charge in [-0.1, -0.05) is 53.4 Å². The Bertz CT molecular complexity index is 142. The second kappa shape index (κ2) is 17.0. The van der Waals surface area contributed by atoms with Crippen LogP contribution in [0, 0.1) is 0 Å². The van der Waals surface area contributed by atoms with E-state index in [1.165, 1.54) is 82.0 Å². The third kappa shape index (κ3) is 13.0. The van der Waals surface area contributed by atoms with E-state index in [2.05, 4.69) is 27.7 Å². The molecule has 2 N–H and O–H groups in total. The molecule has 0 aromatic rings. The molecule has 20 heavy (non-hydrogen) atoms. The lowest BCUT2D eigenvalue weighted by molar-refractivity contribution is -0.929. The molecule has 0 atom stereocenters. The minimum Gasteiger partial charge on any atom is -0.430 e. The average Bonchev–Trinajstić information content (AvgIpc) is 2.46. The first kappa shape index (κ1) is 22.2. The molecule has 122 valence electrons. The van der Waals surface area contributed by atoms with Crippen LogP contribution in [0.25, 0.3) is 0 Å². The molecule has 0 bridgehead atoms. The van der Waals surface area contributed by atoms with Crippen molar-refractivity contribution in [1.29, 1.82) is 0 Å². The van der Waals surface area contributed by atoms with Crippen molar-refractivity contribution in [1.82, 2.24) is 0 Å². The molecule has 0 amide bonds. The van der Waals surface area contributed by atoms with Crippen LogP contribution in [0.4, 0.5) is 0 Å². The van der Waals surface area contributed by atoms with Gasteiger partial charge in [-0.3, -0.25) is 0 Å². The Hall–Kier alpha value is -0.0551. The number of hydrogen-bond acceptors (Lipinski definition) is 2. The fourth-order valence-electron chi connectivity index (χ4n) is 2.64. The standard InChI is InChI=1S/C16H36N.BH3O2/c1-5-9-13-17(14-10-6-2,15-11-7-3)16-12-8-4;2-1-3/h5-16H2,1-4H3;1-3H/q+1;. The smallest absolute Gasteiger partial charge is 0.430 e. The number of nitrogens with zero attached hydrogens (tertiary/aromatic N) is 1. The van der Waals surface area contributed by atoms with E-state index in [9.17, 15) is 0 Å². The molecule has 0 aliphatic carbocycles. The van der Waals surface area contributed by atoms with Gasteiger partial charge < -0.3 is 14.5 Å². The highest BCUT2D eigenvalue weighted by atomic mass is 16.4. The zero-order chi connectivity index (χ0) is 15.7. The summed E-state index contributed by atoms with van der Waals surface area (Å²) < 4.78 is 1.42. The van der Waals surface area contributed by atoms with Gasteiger partial charge in [-0.25, -0.2) is 0 Å². The lowest BCUT2D eigenvalue weighted by Crippen LogP contribution is -2.50. The van der Waals surface area contributed by atoms with Crippen molar-refractivity contribution >= 4 is 7.69 Å². The van der Waals surface area contributed by atoms with Crippen molar-refractivity contribution in [3.05, 3.63) is 0 Å². The molecule has 0 unspecified atom stereocenters. The van der Waals surface area contributed by atoms with E-state index in [-0.39, 0.29) is 0 Å². The molecule has 3 nitrogen and oxygen atoms in total. The number of hydrogen-bond donors (Lipinski definition) is 2. The number of rotatable bonds is 12. The minimum absolute atomic E-state index is 0.750. The minimum atomic E-state index is -0.750. The fraction of sp³-hybridized carbons (Fsp3) is 1.00. The first-order valence-electron chi connectivity index (χ1n) is 8.73. The van der Waals surface area contributed by atoms with Gasteiger partial charge in [0, 0.05) is 0 Å². The predicted molar refractivity (Wildman–Crippen MR) is 90.9 cm³/mol. The van der Waals surface area contributed by atoms with Gasteiger partial charge in [0.25, 0.3) is 0 Å². The Kier molecular flexibility index (Phi) is 18.9. The predicted octanol–water partition coefficient (Wildman–Crippen LogP) is 3.24. The second-order valence-electron chi connectivity index (χ2n) is 5.79. The van der Waals surface area contributed by atoms with Gasteiger partial charge >= 0.3 is 7.69 Å². The highest BCUT2D eigenvalue weighted by molar-refractivity contribution is 6.13. The van der Waals surface area contributed by atoms with Gasteiger partial charge in [0.05, 0.1) is 26.2 Å². The quantitative estimate of drug-likeness (QED) is 0.427. The van der Waals surface area contributed by atoms with Crippen LogP contribution in [-0.4, -0.2) is 48.4 Å². The summed E-state index contributed by atoms with van der Waals surface area (Å²) >= 11 is 0. The number of quaternary nitrogens is 1. The molecule has 0 aromatic carbocycles. The molecule has 0 rings (SSSR count). The summed E-state index contributed by atoms with van der Waals surface area (Å²) in [6.45, 7) is 15.0. The molecular weight excluding hydrogens is 249 g/mol. The van der Waals surface area contributed by atoms with E-state index >= 15 is 0 Å². The molecule has 0 spiro atoms. The summed E-state index contributed by atoms with van der Waals surface area (Å²) in [6.07, 6.45) is 11.1. The number of unbranched alkanes of at least 4 members (excludes halogenated alkanes) is 4. The fourth-order valence-corrected chi connectivity index (χ4v) is 2.64. The lowest BCUT2D eigenvalue weighted by atomic mass is 10.1. The van der Waals surface area contributed by atoms with Crippen molar-refractivity contribution in [3.8, 4) is 0 Å². The Morgan fingerprint density at radius 2 is 0.800 bits per heavy atom. The lowest BCUT2D eigenvalue weighted by Gasteiger charge is -2.39. The van der Waals surface area contributed by atoms with Gasteiger partial charge in [0.1, 0.15) is 0 Å². The van der Waals surface area contributed by atoms with E-state index in [1.54, 1.807) is 0 Å². The normalized spacial score (nSPS) is 10.9. The largest absolute Gasteiger partial charge is 0.432 e. The maximum Gasteiger partial charge on any atom is 0.432 e. The monoisotopic (exact) mass is 288 g/mol. The summed E-state index contributed by atoms with van der Waals surface area (Å²) in [4.78, 5) is 0. The van der Waals surface area contributed by atoms with Gasteiger partial charge in [0.2, 0.25) is 0 Å². The van der Waals surface area contributed by atoms with Crippen LogP contribution in [0.15, 0.2) is 0 Å². The molecule has 0 saturated carbocycles. The highest BCUT2D eigenvalue weighted by Crippen LogP contribution is 2.16. The first-order valence-corrected chi connectivity index (χ1v) is 8.73. The summed E-state index contributed by atoms with van der Waals surface area (Å²) in [6, 6.07) is 0. The van der Waals surface area contributed by atoms with Gasteiger partial charge in [-0.05, 0) is 25.7 Å². The zero-order valence-corrected chi connectivity index (χ0v) is 14.5. The van der Waals surface area contributed by atoms with E-state index in [0.717, 1.165) is 0 Å². The van der Waals surface area contributed by atoms with Crippen LogP contribution in [0.5, 0.6) is 0 Å². The topological polar surface area (TPSA) is 40.5 Å². The Morgan fingerprint density at radius 3 is 0.950 bits per heavy atom. The van der Waals surface area contributed by atoms with Crippen molar-refractivity contribution < 1.29 is 14.5 Å². The molecule has 0 aliphatic heterocycles. The molecule has 0 saturated heterocycles. The third-order valence-corrected chi connectivity index (χ3v) is 3.94. The van der Waals surface area contributed by atoms with Crippen LogP contribution in [0.1, 0.15) is 79.1 Å². The van der Waals surface area contributed by atoms with Crippen molar-refractivity contribution in [2.75, 3.05) is 26.2 Å². The van der Waals surface area contributed by atoms with Gasteiger partial charge in [0.15, 0.2) is 0 Å². The van der Waals surface area contributed by atoms with E-state index in [4.69, 9.17) is 10.0 Å². The van der Waals surface area contributed by atoms with E-state index in [0.29, 0.717) is 0 Å². The van der Waals surface area contributed by atoms with Crippen LogP contribution in [0.3, 0.4) is 0 Å². The summed E-state index contributed by atoms with van der Waals surface area (Å²) in [5.74, 6) is 0. The molecular formula is C16H39BNO2+. The SMILES string of the molecule is CCCC[N+](CCCC)(CCCC)CCCC.OBO. The van der Waals surface area contributed by atoms with Crippen molar-refractivity contribution in [3.63, 3.8) is 0 Å². The van der Waals surface area contributed by atoms with Crippen LogP contribution in [0.2, 0.25) is 0 Å². The van der Waals surface area contributed by atoms with E-state index < -0.39 is 7.69 Å². The van der Waals surface area contributed by atoms with Crippen LogP contribution >= 0.6 is 0 Å². The summed E-state index contributed by atoms with van der Waals surface area (Å²) in [5.41, 5.74) is 0. The Morgan fingerprint density at radius 1 is 0.600 bits per heavy atom. The van der Waals surface area contributed by atoms with Crippen LogP contribution < -0.4 is 0 Å². The Balaban J connectivity index is 0. The molecule has 4 heteroatoms. The second-order valence-corrected chi connectivity index (χ2v) is 5.79. The average molecular weight is 288 g/mol. The van der Waals surface area contributed by atoms with E-state index in [1.807, 2.05) is 0 Å². The Labute approximate surface area is 128 Å². The van der Waals surface area contributed by atoms with Gasteiger partial charge in [-0.2, -0.15) is 0 Å². The highest BCUT2D eigenvalue weighted by Gasteiger charge is 2.24. The zero-order valence-electron chi connectivity index (χ0n) is 14.5. The summed E-state index contributed by atoms with van der Waals surface area (Å²) in [7, 11) is -0.750. The molecule has 0 heterocycles. The first-order chi connectivity index (χ1) is 9.66. The third-order valence-electron chi connectivity index (χ3n) is 3.94. The molecule has 0 radical (unpaired) electrons. The summed E-state index contributed by atoms with van der Waals surface area (Å²) in [5, 5.41) is 14.2. The van der Waals surface area contributed by atoms with Crippen LogP contribution in [-0.2, 0) is 0 Å². The molecule has 0 aliphatic rings. The molecule has 0 aromatic heterocycles. The van der Waals surface area contributed by atoms with Crippen molar-refractivity contribution in [2.24, 2.45) is 0 Å². The van der Waals surface area contributed by atoms with Crippen molar-refractivity contribution in [2.45, 2.75) is 79.1 Å². The maximum absolute atomic E-state index is 7.12. The van der Waals surface area contributed by atoms with Gasteiger partial charge in [-0.15, -0.1) is 0 Å².